The van der Waals surface area contributed by atoms with E-state index in [1.807, 2.05) is 35.2 Å². The van der Waals surface area contributed by atoms with Gasteiger partial charge in [0.2, 0.25) is 0 Å². The standard InChI is InChI=1S/C30H39N7O/c1-5-7-8-25-19-37(28-21(6-2)13-14-26(28)20(3)4)30(38)36(25)18-24-17-31-16-15-27(24)22-9-11-23(12-10-22)29-32-34-35-33-29/h9-12,15-17,19-21,26,28H,5-8,13-14,18H2,1-4H3,(H,32,33,34,35). The molecule has 8 nitrogen and oxygen atoms in total. The highest BCUT2D eigenvalue weighted by Gasteiger charge is 2.39. The van der Waals surface area contributed by atoms with E-state index in [1.165, 1.54) is 12.8 Å². The number of aryl methyl sites for hydroxylation is 1. The summed E-state index contributed by atoms with van der Waals surface area (Å²) in [6, 6.07) is 10.5. The van der Waals surface area contributed by atoms with Crippen molar-refractivity contribution >= 4 is 0 Å². The second-order valence-electron chi connectivity index (χ2n) is 11.0. The molecule has 3 aromatic heterocycles. The van der Waals surface area contributed by atoms with Crippen molar-refractivity contribution in [2.45, 2.75) is 78.8 Å². The highest BCUT2D eigenvalue weighted by molar-refractivity contribution is 5.69. The Kier molecular flexibility index (Phi) is 7.86. The monoisotopic (exact) mass is 513 g/mol. The van der Waals surface area contributed by atoms with E-state index in [2.05, 4.69) is 76.2 Å². The summed E-state index contributed by atoms with van der Waals surface area (Å²) in [4.78, 5) is 18.5. The summed E-state index contributed by atoms with van der Waals surface area (Å²) in [5.41, 5.74) is 5.36. The lowest BCUT2D eigenvalue weighted by Gasteiger charge is -2.27. The van der Waals surface area contributed by atoms with Crippen LogP contribution in [0.1, 0.15) is 77.1 Å². The summed E-state index contributed by atoms with van der Waals surface area (Å²) >= 11 is 0. The van der Waals surface area contributed by atoms with Gasteiger partial charge in [-0.1, -0.05) is 64.8 Å². The molecule has 8 heteroatoms. The van der Waals surface area contributed by atoms with Crippen LogP contribution < -0.4 is 5.69 Å². The largest absolute Gasteiger partial charge is 0.328 e. The first-order chi connectivity index (χ1) is 18.5. The fourth-order valence-electron chi connectivity index (χ4n) is 6.29. The number of rotatable bonds is 10. The second-order valence-corrected chi connectivity index (χ2v) is 11.0. The first-order valence-electron chi connectivity index (χ1n) is 14.1. The molecule has 1 saturated carbocycles. The van der Waals surface area contributed by atoms with Crippen molar-refractivity contribution in [2.24, 2.45) is 17.8 Å². The molecule has 3 atom stereocenters. The van der Waals surface area contributed by atoms with Gasteiger partial charge in [0.1, 0.15) is 0 Å². The van der Waals surface area contributed by atoms with Crippen LogP contribution in [-0.2, 0) is 13.0 Å². The maximum Gasteiger partial charge on any atom is 0.328 e. The van der Waals surface area contributed by atoms with E-state index in [9.17, 15) is 4.79 Å². The molecule has 3 unspecified atom stereocenters. The van der Waals surface area contributed by atoms with Gasteiger partial charge in [0.15, 0.2) is 5.82 Å². The molecular weight excluding hydrogens is 474 g/mol. The number of benzene rings is 1. The van der Waals surface area contributed by atoms with Crippen molar-refractivity contribution in [3.05, 3.63) is 70.7 Å². The molecule has 0 amide bonds. The zero-order chi connectivity index (χ0) is 26.6. The van der Waals surface area contributed by atoms with Crippen LogP contribution in [0, 0.1) is 17.8 Å². The maximum atomic E-state index is 14.1. The van der Waals surface area contributed by atoms with Crippen LogP contribution in [0.4, 0.5) is 0 Å². The zero-order valence-corrected chi connectivity index (χ0v) is 23.0. The molecule has 1 fully saturated rings. The molecule has 38 heavy (non-hydrogen) atoms. The molecule has 200 valence electrons. The van der Waals surface area contributed by atoms with E-state index in [4.69, 9.17) is 0 Å². The number of hydrogen-bond acceptors (Lipinski definition) is 5. The summed E-state index contributed by atoms with van der Waals surface area (Å²) in [6.07, 6.45) is 12.5. The third-order valence-electron chi connectivity index (χ3n) is 8.41. The molecule has 0 aliphatic heterocycles. The number of H-pyrrole nitrogens is 1. The number of nitrogens with one attached hydrogen (secondary N) is 1. The van der Waals surface area contributed by atoms with Crippen molar-refractivity contribution in [2.75, 3.05) is 0 Å². The normalized spacial score (nSPS) is 19.4. The van der Waals surface area contributed by atoms with Gasteiger partial charge in [-0.25, -0.2) is 9.89 Å². The van der Waals surface area contributed by atoms with Crippen LogP contribution >= 0.6 is 0 Å². The van der Waals surface area contributed by atoms with E-state index in [0.717, 1.165) is 53.6 Å². The number of unbranched alkanes of at least 4 members (excludes halogenated alkanes) is 1. The Hall–Kier alpha value is -3.55. The number of aromatic nitrogens is 7. The second kappa shape index (κ2) is 11.5. The average Bonchev–Trinajstić information content (AvgIpc) is 3.68. The Labute approximate surface area is 224 Å². The van der Waals surface area contributed by atoms with Crippen LogP contribution in [0.2, 0.25) is 0 Å². The number of pyridine rings is 1. The fraction of sp³-hybridized carbons (Fsp3) is 0.500. The summed E-state index contributed by atoms with van der Waals surface area (Å²) in [5.74, 6) is 2.30. The van der Waals surface area contributed by atoms with E-state index in [0.29, 0.717) is 30.1 Å². The molecule has 3 heterocycles. The minimum atomic E-state index is 0.120. The minimum Gasteiger partial charge on any atom is -0.295 e. The predicted octanol–water partition coefficient (Wildman–Crippen LogP) is 5.92. The number of hydrogen-bond donors (Lipinski definition) is 1. The lowest BCUT2D eigenvalue weighted by molar-refractivity contribution is 0.243. The van der Waals surface area contributed by atoms with Gasteiger partial charge in [-0.15, -0.1) is 5.10 Å². The average molecular weight is 514 g/mol. The molecule has 1 aromatic carbocycles. The molecule has 1 N–H and O–H groups in total. The molecule has 0 bridgehead atoms. The number of imidazole rings is 1. The number of nitrogens with zero attached hydrogens (tertiary/aromatic N) is 6. The molecule has 1 aliphatic carbocycles. The summed E-state index contributed by atoms with van der Waals surface area (Å²) < 4.78 is 4.11. The van der Waals surface area contributed by atoms with Gasteiger partial charge in [-0.3, -0.25) is 14.1 Å². The predicted molar refractivity (Wildman–Crippen MR) is 150 cm³/mol. The van der Waals surface area contributed by atoms with Crippen LogP contribution in [-0.4, -0.2) is 34.7 Å². The van der Waals surface area contributed by atoms with Crippen LogP contribution in [0.15, 0.2) is 53.7 Å². The minimum absolute atomic E-state index is 0.120. The topological polar surface area (TPSA) is 94.3 Å². The smallest absolute Gasteiger partial charge is 0.295 e. The molecule has 0 spiro atoms. The molecule has 4 aromatic rings. The van der Waals surface area contributed by atoms with E-state index in [1.54, 1.807) is 0 Å². The lowest BCUT2D eigenvalue weighted by atomic mass is 9.87. The highest BCUT2D eigenvalue weighted by Crippen LogP contribution is 2.45. The van der Waals surface area contributed by atoms with Gasteiger partial charge in [-0.05, 0) is 76.6 Å². The Balaban J connectivity index is 1.52. The van der Waals surface area contributed by atoms with E-state index in [-0.39, 0.29) is 11.7 Å². The van der Waals surface area contributed by atoms with Gasteiger partial charge in [-0.2, -0.15) is 0 Å². The molecule has 0 saturated heterocycles. The van der Waals surface area contributed by atoms with Gasteiger partial charge >= 0.3 is 5.69 Å². The fourth-order valence-corrected chi connectivity index (χ4v) is 6.29. The summed E-state index contributed by atoms with van der Waals surface area (Å²) in [6.45, 7) is 9.60. The Morgan fingerprint density at radius 1 is 1.08 bits per heavy atom. The quantitative estimate of drug-likeness (QED) is 0.284. The number of tetrazole rings is 1. The van der Waals surface area contributed by atoms with Crippen molar-refractivity contribution in [3.8, 4) is 22.5 Å². The Bertz CT molecular complexity index is 1380. The van der Waals surface area contributed by atoms with E-state index < -0.39 is 0 Å². The first-order valence-corrected chi connectivity index (χ1v) is 14.1. The summed E-state index contributed by atoms with van der Waals surface area (Å²) in [7, 11) is 0. The third-order valence-corrected chi connectivity index (χ3v) is 8.41. The maximum absolute atomic E-state index is 14.1. The Morgan fingerprint density at radius 2 is 1.87 bits per heavy atom. The molecular formula is C30H39N7O. The van der Waals surface area contributed by atoms with Crippen molar-refractivity contribution in [1.82, 2.24) is 34.7 Å². The lowest BCUT2D eigenvalue weighted by Crippen LogP contribution is -2.33. The van der Waals surface area contributed by atoms with E-state index >= 15 is 0 Å². The van der Waals surface area contributed by atoms with Gasteiger partial charge in [0, 0.05) is 35.9 Å². The zero-order valence-electron chi connectivity index (χ0n) is 23.0. The van der Waals surface area contributed by atoms with Crippen LogP contribution in [0.3, 0.4) is 0 Å². The number of aromatic amines is 1. The Morgan fingerprint density at radius 3 is 2.55 bits per heavy atom. The molecule has 1 aliphatic rings. The summed E-state index contributed by atoms with van der Waals surface area (Å²) in [5, 5.41) is 14.1. The molecule has 5 rings (SSSR count). The van der Waals surface area contributed by atoms with Crippen molar-refractivity contribution < 1.29 is 0 Å². The van der Waals surface area contributed by atoms with Gasteiger partial charge in [0.25, 0.3) is 0 Å². The van der Waals surface area contributed by atoms with Crippen LogP contribution in [0.5, 0.6) is 0 Å². The first kappa shape index (κ1) is 26.1. The van der Waals surface area contributed by atoms with Crippen LogP contribution in [0.25, 0.3) is 22.5 Å². The van der Waals surface area contributed by atoms with Gasteiger partial charge in [0.05, 0.1) is 6.54 Å². The van der Waals surface area contributed by atoms with Gasteiger partial charge < -0.3 is 0 Å². The highest BCUT2D eigenvalue weighted by atomic mass is 16.1. The molecule has 0 radical (unpaired) electrons. The SMILES string of the molecule is CCCCc1cn(C2C(CC)CCC2C(C)C)c(=O)n1Cc1cnccc1-c1ccc(-c2nnn[nH]2)cc1. The van der Waals surface area contributed by atoms with Crippen molar-refractivity contribution in [3.63, 3.8) is 0 Å². The van der Waals surface area contributed by atoms with Crippen molar-refractivity contribution in [1.29, 1.82) is 0 Å². The third kappa shape index (κ3) is 5.08.